The van der Waals surface area contributed by atoms with E-state index in [2.05, 4.69) is 60.3 Å². The molecule has 0 aliphatic carbocycles. The second kappa shape index (κ2) is 21.1. The summed E-state index contributed by atoms with van der Waals surface area (Å²) in [4.78, 5) is 28.1. The molecule has 0 fully saturated rings. The smallest absolute Gasteiger partial charge is 0.423 e. The largest absolute Gasteiger partial charge is 0.534 e. The molecular formula is C42H44BCl2F3N8O7S. The van der Waals surface area contributed by atoms with Gasteiger partial charge in [0.25, 0.3) is 5.88 Å². The summed E-state index contributed by atoms with van der Waals surface area (Å²) in [6.07, 6.45) is 0.998. The number of aromatic nitrogens is 4. The first-order chi connectivity index (χ1) is 29.9. The van der Waals surface area contributed by atoms with Gasteiger partial charge in [0, 0.05) is 69.9 Å². The zero-order valence-corrected chi connectivity index (χ0v) is 35.9. The molecule has 0 atom stereocenters. The highest BCUT2D eigenvalue weighted by atomic mass is 35.5. The van der Waals surface area contributed by atoms with Gasteiger partial charge in [-0.25, -0.2) is 9.59 Å². The van der Waals surface area contributed by atoms with E-state index in [0.717, 1.165) is 34.5 Å². The van der Waals surface area contributed by atoms with Crippen LogP contribution in [-0.4, -0.2) is 86.4 Å². The molecule has 15 nitrogen and oxygen atoms in total. The molecule has 0 saturated carbocycles. The van der Waals surface area contributed by atoms with Gasteiger partial charge >= 0.3 is 34.8 Å². The molecule has 0 saturated heterocycles. The number of anilines is 2. The van der Waals surface area contributed by atoms with Gasteiger partial charge in [0.1, 0.15) is 0 Å². The van der Waals surface area contributed by atoms with E-state index < -0.39 is 34.7 Å². The first-order valence-electron chi connectivity index (χ1n) is 19.1. The number of aromatic amines is 2. The van der Waals surface area contributed by atoms with Crippen LogP contribution in [0.15, 0.2) is 97.1 Å². The molecule has 6 N–H and O–H groups in total. The number of alkyl halides is 3. The fraction of sp³-hybridized carbons (Fsp3) is 0.238. The molecule has 64 heavy (non-hydrogen) atoms. The normalized spacial score (nSPS) is 13.1. The van der Waals surface area contributed by atoms with E-state index in [1.54, 1.807) is 53.4 Å². The Morgan fingerprint density at radius 2 is 1.25 bits per heavy atom. The predicted octanol–water partition coefficient (Wildman–Crippen LogP) is 7.82. The van der Waals surface area contributed by atoms with E-state index in [-0.39, 0.29) is 38.5 Å². The van der Waals surface area contributed by atoms with E-state index in [9.17, 15) is 31.2 Å². The first kappa shape index (κ1) is 49.0. The fourth-order valence-electron chi connectivity index (χ4n) is 6.53. The van der Waals surface area contributed by atoms with Crippen molar-refractivity contribution in [2.24, 2.45) is 0 Å². The van der Waals surface area contributed by atoms with Gasteiger partial charge in [0.2, 0.25) is 0 Å². The van der Waals surface area contributed by atoms with Crippen molar-refractivity contribution in [3.8, 4) is 17.1 Å². The van der Waals surface area contributed by atoms with Crippen LogP contribution in [0.2, 0.25) is 10.0 Å². The van der Waals surface area contributed by atoms with Gasteiger partial charge in [-0.15, -0.1) is 5.10 Å². The highest BCUT2D eigenvalue weighted by Crippen LogP contribution is 2.32. The van der Waals surface area contributed by atoms with Crippen molar-refractivity contribution in [1.29, 1.82) is 0 Å². The number of amides is 4. The van der Waals surface area contributed by atoms with Gasteiger partial charge in [0.15, 0.2) is 0 Å². The minimum atomic E-state index is -5.86. The Bertz CT molecular complexity index is 2700. The molecule has 2 aliphatic rings. The molecule has 2 aromatic heterocycles. The predicted molar refractivity (Wildman–Crippen MR) is 240 cm³/mol. The Morgan fingerprint density at radius 1 is 0.750 bits per heavy atom. The average molecular weight is 944 g/mol. The van der Waals surface area contributed by atoms with Crippen molar-refractivity contribution in [3.63, 3.8) is 0 Å². The molecule has 4 amide bonds. The Morgan fingerprint density at radius 3 is 1.75 bits per heavy atom. The second-order valence-corrected chi connectivity index (χ2v) is 16.8. The van der Waals surface area contributed by atoms with E-state index in [1.165, 1.54) is 16.5 Å². The van der Waals surface area contributed by atoms with Crippen LogP contribution in [0.25, 0.3) is 11.3 Å². The lowest BCUT2D eigenvalue weighted by atomic mass is 9.80. The topological polar surface area (TPSA) is 206 Å². The number of benzene rings is 4. The lowest BCUT2D eigenvalue weighted by molar-refractivity contribution is -0.0501. The molecule has 22 heteroatoms. The number of carbonyl (C=O) groups excluding carboxylic acids is 2. The van der Waals surface area contributed by atoms with E-state index in [4.69, 9.17) is 33.2 Å². The maximum Gasteiger partial charge on any atom is 0.534 e. The molecule has 338 valence electrons. The molecule has 6 aromatic rings. The highest BCUT2D eigenvalue weighted by molar-refractivity contribution is 7.88. The summed E-state index contributed by atoms with van der Waals surface area (Å²) in [5, 5.41) is 37.5. The van der Waals surface area contributed by atoms with Crippen molar-refractivity contribution in [2.75, 3.05) is 23.7 Å². The highest BCUT2D eigenvalue weighted by Gasteiger charge is 2.49. The number of urea groups is 2. The summed E-state index contributed by atoms with van der Waals surface area (Å²) < 4.78 is 64.0. The van der Waals surface area contributed by atoms with Crippen molar-refractivity contribution in [2.45, 2.75) is 52.7 Å². The molecule has 0 unspecified atom stereocenters. The Hall–Kier alpha value is -6.06. The Balaban J connectivity index is 0.000000196. The summed E-state index contributed by atoms with van der Waals surface area (Å²) in [7, 11) is -7.21. The Labute approximate surface area is 377 Å². The van der Waals surface area contributed by atoms with Crippen molar-refractivity contribution in [3.05, 3.63) is 141 Å². The minimum Gasteiger partial charge on any atom is -0.423 e. The van der Waals surface area contributed by atoms with Crippen LogP contribution in [0, 0.1) is 13.8 Å². The summed E-state index contributed by atoms with van der Waals surface area (Å²) in [6, 6.07) is 28.3. The van der Waals surface area contributed by atoms with Crippen LogP contribution in [0.5, 0.6) is 5.88 Å². The molecule has 4 aromatic carbocycles. The lowest BCUT2D eigenvalue weighted by Gasteiger charge is -2.27. The number of H-pyrrole nitrogens is 2. The Kier molecular flexibility index (Phi) is 16.1. The zero-order valence-electron chi connectivity index (χ0n) is 33.6. The van der Waals surface area contributed by atoms with Crippen LogP contribution in [0.3, 0.4) is 0 Å². The number of carbonyl (C=O) groups is 2. The number of rotatable bonds is 6. The number of nitrogens with one attached hydrogen (secondary N) is 4. The molecule has 2 aliphatic heterocycles. The van der Waals surface area contributed by atoms with Crippen molar-refractivity contribution >= 4 is 69.3 Å². The summed E-state index contributed by atoms with van der Waals surface area (Å²) in [5.74, 6) is -0.734. The third-order valence-electron chi connectivity index (χ3n) is 9.66. The lowest BCUT2D eigenvalue weighted by Crippen LogP contribution is -2.39. The van der Waals surface area contributed by atoms with Crippen LogP contribution in [-0.2, 0) is 36.0 Å². The number of halogens is 5. The maximum absolute atomic E-state index is 12.7. The number of nitrogens with zero attached hydrogens (tertiary/aromatic N) is 4. The van der Waals surface area contributed by atoms with Crippen LogP contribution >= 0.6 is 23.2 Å². The zero-order chi connectivity index (χ0) is 45.5. The van der Waals surface area contributed by atoms with Crippen molar-refractivity contribution in [1.82, 2.24) is 30.2 Å². The van der Waals surface area contributed by atoms with Crippen LogP contribution in [0.4, 0.5) is 34.1 Å². The third kappa shape index (κ3) is 12.6. The van der Waals surface area contributed by atoms with Crippen molar-refractivity contribution < 1.29 is 45.4 Å². The van der Waals surface area contributed by atoms with Gasteiger partial charge in [-0.1, -0.05) is 96.4 Å². The number of aryl methyl sites for hydroxylation is 2. The maximum atomic E-state index is 12.7. The molecule has 0 radical (unpaired) electrons. The van der Waals surface area contributed by atoms with Crippen LogP contribution < -0.4 is 20.3 Å². The van der Waals surface area contributed by atoms with Gasteiger partial charge < -0.3 is 34.7 Å². The van der Waals surface area contributed by atoms with Crippen LogP contribution in [0.1, 0.15) is 41.1 Å². The summed E-state index contributed by atoms with van der Waals surface area (Å²) >= 11 is 11.8. The van der Waals surface area contributed by atoms with Gasteiger partial charge in [0.05, 0.1) is 24.3 Å². The van der Waals surface area contributed by atoms with E-state index in [1.807, 2.05) is 31.2 Å². The average Bonchev–Trinajstić information content (AvgIpc) is 3.84. The van der Waals surface area contributed by atoms with E-state index >= 15 is 0 Å². The SMILES string of the molecule is C.Cc1cccc(-c2n[nH]c3c2CN(C(=O)Nc2cccc(Cl)c2)CC3)c1.Cc1cccc(B(O)O)c1.O=C(Nc1cccc(Cl)c1)N1CCc2[nH]nc(OS(=O)(=O)C(F)(F)F)c2C1. The molecular weight excluding hydrogens is 899 g/mol. The standard InChI is InChI=1S/C20H19ClN4O.C14H12ClF3N4O4S.C7H9BO2.CH4/c1-13-4-2-5-14(10-13)19-17-12-25(9-8-18(17)23-24-19)20(26)22-16-7-3-6-15(21)11-16;15-8-2-1-3-9(6-8)19-13(23)22-5-4-11-10(7-22)12(21-20-11)26-27(24,25)14(16,17)18;1-6-3-2-4-7(5-6)8(9)10;/h2-7,10-11H,8-9,12H2,1H3,(H,22,26)(H,23,24);1-3,6H,4-5,7H2,(H,19,23)(H,20,21);2-5,9-10H,1H3;1H4. The quantitative estimate of drug-likeness (QED) is 0.0546. The molecule has 0 spiro atoms. The number of hydrogen-bond acceptors (Lipinski definition) is 9. The monoisotopic (exact) mass is 942 g/mol. The van der Waals surface area contributed by atoms with Gasteiger partial charge in [-0.3, -0.25) is 10.2 Å². The second-order valence-electron chi connectivity index (χ2n) is 14.4. The summed E-state index contributed by atoms with van der Waals surface area (Å²) in [6.45, 7) is 5.21. The number of hydrogen-bond donors (Lipinski definition) is 6. The fourth-order valence-corrected chi connectivity index (χ4v) is 7.35. The summed E-state index contributed by atoms with van der Waals surface area (Å²) in [5.41, 5.74) is 2.94. The number of fused-ring (bicyclic) bond motifs is 2. The third-order valence-corrected chi connectivity index (χ3v) is 11.1. The van der Waals surface area contributed by atoms with Gasteiger partial charge in [-0.05, 0) is 61.8 Å². The van der Waals surface area contributed by atoms with Gasteiger partial charge in [-0.2, -0.15) is 26.7 Å². The molecule has 4 heterocycles. The minimum absolute atomic E-state index is 0. The molecule has 8 rings (SSSR count). The van der Waals surface area contributed by atoms with E-state index in [0.29, 0.717) is 45.7 Å². The first-order valence-corrected chi connectivity index (χ1v) is 21.3. The molecule has 0 bridgehead atoms.